The first kappa shape index (κ1) is 12.5. The first-order valence-corrected chi connectivity index (χ1v) is 7.75. The summed E-state index contributed by atoms with van der Waals surface area (Å²) in [7, 11) is 0. The van der Waals surface area contributed by atoms with E-state index in [-0.39, 0.29) is 5.41 Å². The van der Waals surface area contributed by atoms with Gasteiger partial charge in [-0.2, -0.15) is 0 Å². The van der Waals surface area contributed by atoms with E-state index in [2.05, 4.69) is 4.90 Å². The molecular formula is C15H26N2O. The molecule has 2 N–H and O–H groups in total. The maximum atomic E-state index is 12.7. The van der Waals surface area contributed by atoms with Gasteiger partial charge in [0, 0.05) is 19.6 Å². The fourth-order valence-electron chi connectivity index (χ4n) is 4.23. The fourth-order valence-corrected chi connectivity index (χ4v) is 4.23. The van der Waals surface area contributed by atoms with Gasteiger partial charge in [-0.1, -0.05) is 25.7 Å². The van der Waals surface area contributed by atoms with Crippen molar-refractivity contribution < 1.29 is 4.79 Å². The van der Waals surface area contributed by atoms with Gasteiger partial charge in [-0.3, -0.25) is 4.79 Å². The van der Waals surface area contributed by atoms with Crippen LogP contribution in [-0.4, -0.2) is 30.4 Å². The van der Waals surface area contributed by atoms with Gasteiger partial charge in [-0.15, -0.1) is 0 Å². The summed E-state index contributed by atoms with van der Waals surface area (Å²) in [6.45, 7) is 2.56. The van der Waals surface area contributed by atoms with Crippen LogP contribution < -0.4 is 5.73 Å². The van der Waals surface area contributed by atoms with Gasteiger partial charge in [0.1, 0.15) is 0 Å². The predicted molar refractivity (Wildman–Crippen MR) is 72.0 cm³/mol. The van der Waals surface area contributed by atoms with Gasteiger partial charge in [0.15, 0.2) is 0 Å². The largest absolute Gasteiger partial charge is 0.342 e. The highest BCUT2D eigenvalue weighted by Crippen LogP contribution is 2.43. The maximum Gasteiger partial charge on any atom is 0.230 e. The average Bonchev–Trinajstić information content (AvgIpc) is 2.37. The molecule has 3 nitrogen and oxygen atoms in total. The molecule has 2 atom stereocenters. The van der Waals surface area contributed by atoms with Crippen LogP contribution in [0.1, 0.15) is 51.4 Å². The Hall–Kier alpha value is -0.570. The number of piperidine rings is 1. The lowest BCUT2D eigenvalue weighted by Crippen LogP contribution is -2.55. The molecule has 1 heterocycles. The lowest BCUT2D eigenvalue weighted by molar-refractivity contribution is -0.149. The predicted octanol–water partition coefficient (Wildman–Crippen LogP) is 2.15. The van der Waals surface area contributed by atoms with E-state index in [1.807, 2.05) is 0 Å². The van der Waals surface area contributed by atoms with Crippen molar-refractivity contribution >= 4 is 5.91 Å². The number of likely N-dealkylation sites (tertiary alicyclic amines) is 1. The van der Waals surface area contributed by atoms with E-state index in [0.29, 0.717) is 12.5 Å². The molecule has 2 saturated carbocycles. The standard InChI is InChI=1S/C15H26N2O/c16-11-15(7-3-8-15)14(18)17-9-6-12-4-1-2-5-13(12)10-17/h12-13H,1-11,16H2. The van der Waals surface area contributed by atoms with Crippen LogP contribution in [0.5, 0.6) is 0 Å². The minimum Gasteiger partial charge on any atom is -0.342 e. The molecule has 0 aromatic rings. The molecule has 3 rings (SSSR count). The zero-order valence-corrected chi connectivity index (χ0v) is 11.4. The second kappa shape index (κ2) is 4.84. The molecule has 3 aliphatic rings. The van der Waals surface area contributed by atoms with Gasteiger partial charge < -0.3 is 10.6 Å². The number of nitrogens with two attached hydrogens (primary N) is 1. The molecule has 18 heavy (non-hydrogen) atoms. The Morgan fingerprint density at radius 3 is 2.44 bits per heavy atom. The van der Waals surface area contributed by atoms with Crippen LogP contribution in [0, 0.1) is 17.3 Å². The third-order valence-electron chi connectivity index (χ3n) is 5.73. The summed E-state index contributed by atoms with van der Waals surface area (Å²) in [4.78, 5) is 14.8. The topological polar surface area (TPSA) is 46.3 Å². The van der Waals surface area contributed by atoms with Crippen LogP contribution in [0.2, 0.25) is 0 Å². The highest BCUT2D eigenvalue weighted by atomic mass is 16.2. The zero-order valence-electron chi connectivity index (χ0n) is 11.4. The molecule has 0 spiro atoms. The molecule has 0 aromatic carbocycles. The third kappa shape index (κ3) is 1.97. The number of nitrogens with zero attached hydrogens (tertiary/aromatic N) is 1. The van der Waals surface area contributed by atoms with Crippen molar-refractivity contribution in [3.8, 4) is 0 Å². The van der Waals surface area contributed by atoms with Crippen molar-refractivity contribution in [3.63, 3.8) is 0 Å². The van der Waals surface area contributed by atoms with E-state index in [1.165, 1.54) is 38.5 Å². The summed E-state index contributed by atoms with van der Waals surface area (Å²) >= 11 is 0. The van der Waals surface area contributed by atoms with Gasteiger partial charge in [0.25, 0.3) is 0 Å². The molecule has 0 aromatic heterocycles. The Bertz CT molecular complexity index is 319. The van der Waals surface area contributed by atoms with E-state index < -0.39 is 0 Å². The number of hydrogen-bond donors (Lipinski definition) is 1. The lowest BCUT2D eigenvalue weighted by atomic mass is 9.67. The molecule has 1 aliphatic heterocycles. The molecule has 2 unspecified atom stereocenters. The minimum absolute atomic E-state index is 0.165. The smallest absolute Gasteiger partial charge is 0.230 e. The number of carbonyl (C=O) groups is 1. The van der Waals surface area contributed by atoms with E-state index >= 15 is 0 Å². The lowest BCUT2D eigenvalue weighted by Gasteiger charge is -2.47. The highest BCUT2D eigenvalue weighted by Gasteiger charge is 2.46. The Labute approximate surface area is 110 Å². The van der Waals surface area contributed by atoms with Crippen LogP contribution in [-0.2, 0) is 4.79 Å². The summed E-state index contributed by atoms with van der Waals surface area (Å²) in [6.07, 6.45) is 9.96. The molecule has 3 heteroatoms. The summed E-state index contributed by atoms with van der Waals surface area (Å²) in [5.41, 5.74) is 5.70. The summed E-state index contributed by atoms with van der Waals surface area (Å²) in [5, 5.41) is 0. The van der Waals surface area contributed by atoms with Crippen molar-refractivity contribution in [2.24, 2.45) is 23.0 Å². The molecule has 3 fully saturated rings. The molecule has 1 saturated heterocycles. The molecule has 102 valence electrons. The summed E-state index contributed by atoms with van der Waals surface area (Å²) in [5.74, 6) is 2.06. The van der Waals surface area contributed by atoms with E-state index in [1.54, 1.807) is 0 Å². The molecule has 1 amide bonds. The van der Waals surface area contributed by atoms with Crippen LogP contribution in [0.25, 0.3) is 0 Å². The molecular weight excluding hydrogens is 224 g/mol. The number of fused-ring (bicyclic) bond motifs is 1. The SMILES string of the molecule is NCC1(C(=O)N2CCC3CCCCC3C2)CCC1. The van der Waals surface area contributed by atoms with Crippen LogP contribution >= 0.6 is 0 Å². The van der Waals surface area contributed by atoms with Crippen molar-refractivity contribution in [1.82, 2.24) is 4.90 Å². The van der Waals surface area contributed by atoms with E-state index in [4.69, 9.17) is 5.73 Å². The Kier molecular flexibility index (Phi) is 3.35. The monoisotopic (exact) mass is 250 g/mol. The highest BCUT2D eigenvalue weighted by molar-refractivity contribution is 5.84. The number of carbonyl (C=O) groups excluding carboxylic acids is 1. The second-order valence-corrected chi connectivity index (χ2v) is 6.68. The van der Waals surface area contributed by atoms with Gasteiger partial charge in [0.05, 0.1) is 5.41 Å². The molecule has 0 bridgehead atoms. The Morgan fingerprint density at radius 1 is 1.11 bits per heavy atom. The van der Waals surface area contributed by atoms with Gasteiger partial charge in [-0.05, 0) is 37.5 Å². The average molecular weight is 250 g/mol. The Morgan fingerprint density at radius 2 is 1.83 bits per heavy atom. The summed E-state index contributed by atoms with van der Waals surface area (Å²) < 4.78 is 0. The number of amides is 1. The number of rotatable bonds is 2. The quantitative estimate of drug-likeness (QED) is 0.816. The maximum absolute atomic E-state index is 12.7. The van der Waals surface area contributed by atoms with Gasteiger partial charge in [-0.25, -0.2) is 0 Å². The summed E-state index contributed by atoms with van der Waals surface area (Å²) in [6, 6.07) is 0. The first-order chi connectivity index (χ1) is 8.75. The van der Waals surface area contributed by atoms with Crippen LogP contribution in [0.3, 0.4) is 0 Å². The minimum atomic E-state index is -0.165. The molecule has 0 radical (unpaired) electrons. The van der Waals surface area contributed by atoms with Crippen molar-refractivity contribution in [3.05, 3.63) is 0 Å². The Balaban J connectivity index is 1.65. The second-order valence-electron chi connectivity index (χ2n) is 6.68. The van der Waals surface area contributed by atoms with Crippen molar-refractivity contribution in [2.75, 3.05) is 19.6 Å². The van der Waals surface area contributed by atoms with Gasteiger partial charge >= 0.3 is 0 Å². The third-order valence-corrected chi connectivity index (χ3v) is 5.73. The van der Waals surface area contributed by atoms with Crippen LogP contribution in [0.4, 0.5) is 0 Å². The first-order valence-electron chi connectivity index (χ1n) is 7.75. The zero-order chi connectivity index (χ0) is 12.6. The van der Waals surface area contributed by atoms with Gasteiger partial charge in [0.2, 0.25) is 5.91 Å². The molecule has 2 aliphatic carbocycles. The normalized spacial score (nSPS) is 34.6. The van der Waals surface area contributed by atoms with Crippen molar-refractivity contribution in [1.29, 1.82) is 0 Å². The van der Waals surface area contributed by atoms with Crippen LogP contribution in [0.15, 0.2) is 0 Å². The number of hydrogen-bond acceptors (Lipinski definition) is 2. The van der Waals surface area contributed by atoms with Crippen molar-refractivity contribution in [2.45, 2.75) is 51.4 Å². The van der Waals surface area contributed by atoms with E-state index in [9.17, 15) is 4.79 Å². The fraction of sp³-hybridized carbons (Fsp3) is 0.933. The van der Waals surface area contributed by atoms with E-state index in [0.717, 1.165) is 37.8 Å².